The fourth-order valence-corrected chi connectivity index (χ4v) is 2.27. The molecule has 0 amide bonds. The van der Waals surface area contributed by atoms with E-state index in [1.54, 1.807) is 7.11 Å². The third-order valence-corrected chi connectivity index (χ3v) is 3.33. The molecule has 1 aliphatic carbocycles. The Bertz CT molecular complexity index is 221. The quantitative estimate of drug-likeness (QED) is 0.706. The molecule has 1 aliphatic rings. The molecule has 88 valence electrons. The number of nitrogens with one attached hydrogen (secondary N) is 1. The molecule has 0 aromatic rings. The second-order valence-electron chi connectivity index (χ2n) is 4.82. The molecule has 1 rings (SSSR count). The molecule has 0 bridgehead atoms. The van der Waals surface area contributed by atoms with E-state index in [0.29, 0.717) is 6.04 Å². The van der Waals surface area contributed by atoms with Crippen LogP contribution in [0.3, 0.4) is 0 Å². The van der Waals surface area contributed by atoms with Crippen LogP contribution in [0.5, 0.6) is 0 Å². The molecule has 0 radical (unpaired) electrons. The Morgan fingerprint density at radius 1 is 1.47 bits per heavy atom. The highest BCUT2D eigenvalue weighted by Gasteiger charge is 2.31. The van der Waals surface area contributed by atoms with E-state index in [4.69, 9.17) is 4.74 Å². The SMILES string of the molecule is CCNC(C1=CCCCC1)C(C)(C)OC. The van der Waals surface area contributed by atoms with E-state index in [9.17, 15) is 0 Å². The highest BCUT2D eigenvalue weighted by atomic mass is 16.5. The Morgan fingerprint density at radius 2 is 2.20 bits per heavy atom. The minimum atomic E-state index is -0.112. The smallest absolute Gasteiger partial charge is 0.0813 e. The van der Waals surface area contributed by atoms with E-state index in [1.807, 2.05) is 0 Å². The highest BCUT2D eigenvalue weighted by molar-refractivity contribution is 5.18. The topological polar surface area (TPSA) is 21.3 Å². The molecule has 0 fully saturated rings. The second kappa shape index (κ2) is 5.66. The summed E-state index contributed by atoms with van der Waals surface area (Å²) in [6.45, 7) is 7.47. The molecule has 15 heavy (non-hydrogen) atoms. The molecule has 0 spiro atoms. The zero-order valence-electron chi connectivity index (χ0n) is 10.6. The van der Waals surface area contributed by atoms with Gasteiger partial charge in [-0.1, -0.05) is 18.6 Å². The molecule has 1 unspecified atom stereocenters. The van der Waals surface area contributed by atoms with Crippen molar-refractivity contribution in [3.8, 4) is 0 Å². The van der Waals surface area contributed by atoms with Gasteiger partial charge in [-0.25, -0.2) is 0 Å². The number of rotatable bonds is 5. The lowest BCUT2D eigenvalue weighted by atomic mass is 9.85. The normalized spacial score (nSPS) is 19.9. The van der Waals surface area contributed by atoms with Crippen molar-refractivity contribution in [2.45, 2.75) is 58.1 Å². The summed E-state index contributed by atoms with van der Waals surface area (Å²) in [6, 6.07) is 0.368. The molecule has 2 nitrogen and oxygen atoms in total. The lowest BCUT2D eigenvalue weighted by Gasteiger charge is -2.36. The van der Waals surface area contributed by atoms with Crippen molar-refractivity contribution in [1.82, 2.24) is 5.32 Å². The summed E-state index contributed by atoms with van der Waals surface area (Å²) in [5.74, 6) is 0. The Kier molecular flexibility index (Phi) is 4.81. The number of hydrogen-bond acceptors (Lipinski definition) is 2. The number of ether oxygens (including phenoxy) is 1. The van der Waals surface area contributed by atoms with Gasteiger partial charge in [0.2, 0.25) is 0 Å². The van der Waals surface area contributed by atoms with Gasteiger partial charge >= 0.3 is 0 Å². The van der Waals surface area contributed by atoms with E-state index in [1.165, 1.54) is 31.3 Å². The summed E-state index contributed by atoms with van der Waals surface area (Å²) in [4.78, 5) is 0. The highest BCUT2D eigenvalue weighted by Crippen LogP contribution is 2.27. The Hall–Kier alpha value is -0.340. The third-order valence-electron chi connectivity index (χ3n) is 3.33. The average molecular weight is 211 g/mol. The van der Waals surface area contributed by atoms with E-state index in [2.05, 4.69) is 32.2 Å². The molecular formula is C13H25NO. The molecule has 0 heterocycles. The minimum absolute atomic E-state index is 0.112. The number of likely N-dealkylation sites (N-methyl/N-ethyl adjacent to an activating group) is 1. The molecule has 1 N–H and O–H groups in total. The maximum absolute atomic E-state index is 5.60. The number of hydrogen-bond donors (Lipinski definition) is 1. The predicted molar refractivity (Wildman–Crippen MR) is 65.1 cm³/mol. The molecular weight excluding hydrogens is 186 g/mol. The molecule has 0 aromatic carbocycles. The Balaban J connectivity index is 2.76. The van der Waals surface area contributed by atoms with E-state index >= 15 is 0 Å². The van der Waals surface area contributed by atoms with Crippen molar-refractivity contribution in [2.24, 2.45) is 0 Å². The minimum Gasteiger partial charge on any atom is -0.377 e. The van der Waals surface area contributed by atoms with E-state index in [-0.39, 0.29) is 5.60 Å². The Labute approximate surface area is 94.1 Å². The van der Waals surface area contributed by atoms with Crippen LogP contribution in [0.2, 0.25) is 0 Å². The molecule has 0 saturated carbocycles. The van der Waals surface area contributed by atoms with Gasteiger partial charge in [0.15, 0.2) is 0 Å². The molecule has 0 aromatic heterocycles. The summed E-state index contributed by atoms with van der Waals surface area (Å²) in [6.07, 6.45) is 7.53. The van der Waals surface area contributed by atoms with Crippen LogP contribution in [0.4, 0.5) is 0 Å². The van der Waals surface area contributed by atoms with Crippen LogP contribution in [-0.2, 0) is 4.74 Å². The first-order valence-electron chi connectivity index (χ1n) is 6.09. The van der Waals surface area contributed by atoms with Gasteiger partial charge in [-0.15, -0.1) is 0 Å². The maximum atomic E-state index is 5.60. The molecule has 0 aliphatic heterocycles. The van der Waals surface area contributed by atoms with Crippen LogP contribution in [0, 0.1) is 0 Å². The van der Waals surface area contributed by atoms with Gasteiger partial charge in [-0.05, 0) is 46.1 Å². The zero-order valence-corrected chi connectivity index (χ0v) is 10.6. The second-order valence-corrected chi connectivity index (χ2v) is 4.82. The predicted octanol–water partition coefficient (Wildman–Crippen LogP) is 2.89. The zero-order chi connectivity index (χ0) is 11.3. The van der Waals surface area contributed by atoms with Crippen molar-refractivity contribution in [3.05, 3.63) is 11.6 Å². The van der Waals surface area contributed by atoms with Crippen LogP contribution in [-0.4, -0.2) is 25.3 Å². The van der Waals surface area contributed by atoms with Gasteiger partial charge in [0.25, 0.3) is 0 Å². The Morgan fingerprint density at radius 3 is 2.67 bits per heavy atom. The van der Waals surface area contributed by atoms with Gasteiger partial charge in [0.05, 0.1) is 11.6 Å². The van der Waals surface area contributed by atoms with Crippen molar-refractivity contribution in [3.63, 3.8) is 0 Å². The number of allylic oxidation sites excluding steroid dienone is 1. The van der Waals surface area contributed by atoms with Crippen LogP contribution in [0.15, 0.2) is 11.6 Å². The summed E-state index contributed by atoms with van der Waals surface area (Å²) in [5.41, 5.74) is 1.43. The van der Waals surface area contributed by atoms with Gasteiger partial charge in [0, 0.05) is 7.11 Å². The fourth-order valence-electron chi connectivity index (χ4n) is 2.27. The third kappa shape index (κ3) is 3.32. The standard InChI is InChI=1S/C13H25NO/c1-5-14-12(13(2,3)15-4)11-9-7-6-8-10-11/h9,12,14H,5-8,10H2,1-4H3. The number of methoxy groups -OCH3 is 1. The summed E-state index contributed by atoms with van der Waals surface area (Å²) < 4.78 is 5.60. The van der Waals surface area contributed by atoms with Crippen LogP contribution >= 0.6 is 0 Å². The summed E-state index contributed by atoms with van der Waals surface area (Å²) >= 11 is 0. The largest absolute Gasteiger partial charge is 0.377 e. The average Bonchev–Trinajstić information content (AvgIpc) is 2.27. The van der Waals surface area contributed by atoms with Gasteiger partial charge in [-0.2, -0.15) is 0 Å². The molecule has 2 heteroatoms. The first kappa shape index (κ1) is 12.7. The lowest BCUT2D eigenvalue weighted by Crippen LogP contribution is -2.49. The summed E-state index contributed by atoms with van der Waals surface area (Å²) in [7, 11) is 1.80. The fraction of sp³-hybridized carbons (Fsp3) is 0.846. The van der Waals surface area contributed by atoms with Crippen molar-refractivity contribution in [2.75, 3.05) is 13.7 Å². The van der Waals surface area contributed by atoms with Gasteiger partial charge in [0.1, 0.15) is 0 Å². The van der Waals surface area contributed by atoms with E-state index < -0.39 is 0 Å². The van der Waals surface area contributed by atoms with Crippen molar-refractivity contribution < 1.29 is 4.74 Å². The lowest BCUT2D eigenvalue weighted by molar-refractivity contribution is -0.000768. The molecule has 1 atom stereocenters. The van der Waals surface area contributed by atoms with Crippen LogP contribution < -0.4 is 5.32 Å². The first-order valence-corrected chi connectivity index (χ1v) is 6.09. The van der Waals surface area contributed by atoms with Crippen molar-refractivity contribution >= 4 is 0 Å². The van der Waals surface area contributed by atoms with Crippen LogP contribution in [0.25, 0.3) is 0 Å². The van der Waals surface area contributed by atoms with Crippen LogP contribution in [0.1, 0.15) is 46.5 Å². The molecule has 0 saturated heterocycles. The monoisotopic (exact) mass is 211 g/mol. The first-order chi connectivity index (χ1) is 7.11. The van der Waals surface area contributed by atoms with E-state index in [0.717, 1.165) is 6.54 Å². The summed E-state index contributed by atoms with van der Waals surface area (Å²) in [5, 5.41) is 3.55. The van der Waals surface area contributed by atoms with Crippen molar-refractivity contribution in [1.29, 1.82) is 0 Å². The van der Waals surface area contributed by atoms with Gasteiger partial charge < -0.3 is 10.1 Å². The van der Waals surface area contributed by atoms with Gasteiger partial charge in [-0.3, -0.25) is 0 Å². The maximum Gasteiger partial charge on any atom is 0.0813 e.